The van der Waals surface area contributed by atoms with Crippen molar-refractivity contribution in [2.75, 3.05) is 0 Å². The van der Waals surface area contributed by atoms with Crippen LogP contribution in [0.25, 0.3) is 133 Å². The number of hydrogen-bond acceptors (Lipinski definition) is 4. The van der Waals surface area contributed by atoms with Crippen molar-refractivity contribution < 1.29 is 4.42 Å². The third-order valence-electron chi connectivity index (χ3n) is 16.6. The van der Waals surface area contributed by atoms with Gasteiger partial charge in [-0.1, -0.05) is 237 Å². The quantitative estimate of drug-likeness (QED) is 0.142. The molecular formula is C76H47N3O. The Bertz CT molecular complexity index is 4870. The van der Waals surface area contributed by atoms with Gasteiger partial charge in [-0.15, -0.1) is 0 Å². The van der Waals surface area contributed by atoms with Crippen LogP contribution in [0.5, 0.6) is 0 Å². The molecule has 0 spiro atoms. The first kappa shape index (κ1) is 45.6. The highest BCUT2D eigenvalue weighted by atomic mass is 16.3. The minimum atomic E-state index is -0.560. The van der Waals surface area contributed by atoms with E-state index in [1.807, 2.05) is 18.2 Å². The molecule has 1 aliphatic carbocycles. The first-order valence-electron chi connectivity index (χ1n) is 27.3. The SMILES string of the molecule is c1ccc(-c2nc(-c3ccc4c(c3)C(c3ccccc3)(c3ccccc3)c3ccccc3-4)nc(-c3ccc4c(c3)oc3cc(-c5cccc(-c6cccc(-c7ccc8c9ccccc9c9ccccc9c8c7)c6)c5)ccc34)n2)cc1. The van der Waals surface area contributed by atoms with Crippen molar-refractivity contribution in [3.8, 4) is 78.7 Å². The van der Waals surface area contributed by atoms with Crippen LogP contribution < -0.4 is 0 Å². The van der Waals surface area contributed by atoms with E-state index >= 15 is 0 Å². The van der Waals surface area contributed by atoms with Gasteiger partial charge in [-0.05, 0) is 148 Å². The average Bonchev–Trinajstić information content (AvgIpc) is 4.19. The molecule has 4 nitrogen and oxygen atoms in total. The van der Waals surface area contributed by atoms with Crippen LogP contribution >= 0.6 is 0 Å². The zero-order chi connectivity index (χ0) is 52.7. The van der Waals surface area contributed by atoms with Gasteiger partial charge in [0.25, 0.3) is 0 Å². The second-order valence-corrected chi connectivity index (χ2v) is 21.0. The number of hydrogen-bond donors (Lipinski definition) is 0. The van der Waals surface area contributed by atoms with Crippen molar-refractivity contribution in [3.05, 3.63) is 307 Å². The van der Waals surface area contributed by atoms with E-state index in [-0.39, 0.29) is 0 Å². The molecule has 0 saturated carbocycles. The number of rotatable bonds is 8. The molecule has 0 bridgehead atoms. The second kappa shape index (κ2) is 18.3. The smallest absolute Gasteiger partial charge is 0.164 e. The van der Waals surface area contributed by atoms with Gasteiger partial charge >= 0.3 is 0 Å². The minimum Gasteiger partial charge on any atom is -0.456 e. The number of fused-ring (bicyclic) bond motifs is 12. The van der Waals surface area contributed by atoms with Gasteiger partial charge in [0, 0.05) is 27.5 Å². The van der Waals surface area contributed by atoms with Crippen LogP contribution in [0.15, 0.2) is 290 Å². The van der Waals surface area contributed by atoms with Crippen molar-refractivity contribution in [1.82, 2.24) is 15.0 Å². The molecule has 0 atom stereocenters. The highest BCUT2D eigenvalue weighted by molar-refractivity contribution is 6.25. The lowest BCUT2D eigenvalue weighted by molar-refractivity contribution is 0.669. The summed E-state index contributed by atoms with van der Waals surface area (Å²) in [5, 5.41) is 9.75. The molecule has 0 N–H and O–H groups in total. The summed E-state index contributed by atoms with van der Waals surface area (Å²) in [4.78, 5) is 15.7. The lowest BCUT2D eigenvalue weighted by Gasteiger charge is -2.34. The molecule has 0 aliphatic heterocycles. The summed E-state index contributed by atoms with van der Waals surface area (Å²) in [6.07, 6.45) is 0. The Morgan fingerprint density at radius 1 is 0.225 bits per heavy atom. The normalized spacial score (nSPS) is 12.6. The molecule has 0 saturated heterocycles. The molecule has 16 rings (SSSR count). The van der Waals surface area contributed by atoms with Crippen LogP contribution in [0, 0.1) is 0 Å². The molecule has 0 radical (unpaired) electrons. The van der Waals surface area contributed by atoms with Gasteiger partial charge in [-0.3, -0.25) is 0 Å². The largest absolute Gasteiger partial charge is 0.456 e. The number of benzene rings is 13. The van der Waals surface area contributed by atoms with Crippen LogP contribution in [0.2, 0.25) is 0 Å². The van der Waals surface area contributed by atoms with Crippen molar-refractivity contribution in [2.45, 2.75) is 5.41 Å². The lowest BCUT2D eigenvalue weighted by Crippen LogP contribution is -2.28. The van der Waals surface area contributed by atoms with E-state index in [0.29, 0.717) is 17.5 Å². The minimum absolute atomic E-state index is 0.560. The van der Waals surface area contributed by atoms with Crippen molar-refractivity contribution in [3.63, 3.8) is 0 Å². The van der Waals surface area contributed by atoms with Gasteiger partial charge in [-0.25, -0.2) is 15.0 Å². The molecule has 0 amide bonds. The monoisotopic (exact) mass is 1020 g/mol. The van der Waals surface area contributed by atoms with E-state index in [2.05, 4.69) is 267 Å². The highest BCUT2D eigenvalue weighted by Gasteiger charge is 2.46. The van der Waals surface area contributed by atoms with Gasteiger partial charge in [0.2, 0.25) is 0 Å². The van der Waals surface area contributed by atoms with Gasteiger partial charge in [0.05, 0.1) is 5.41 Å². The number of furan rings is 1. The summed E-state index contributed by atoms with van der Waals surface area (Å²) in [7, 11) is 0. The zero-order valence-electron chi connectivity index (χ0n) is 43.4. The first-order chi connectivity index (χ1) is 39.6. The first-order valence-corrected chi connectivity index (χ1v) is 27.3. The highest BCUT2D eigenvalue weighted by Crippen LogP contribution is 2.56. The summed E-state index contributed by atoms with van der Waals surface area (Å²) < 4.78 is 6.78. The standard InChI is InChI=1S/C76H47N3O/c1-4-18-48(19-5-1)73-77-74(55-36-39-65-64-32-14-15-33-69(64)76(70(65)45-55,57-24-6-2-7-25-57)58-26-8-3-9-27-58)79-75(78-73)56-37-41-67-66-40-35-54(46-71(66)80-72(67)47-56)52-23-17-21-50(43-52)49-20-16-22-51(42-49)53-34-38-63-61-30-11-10-28-59(61)60-29-12-13-31-62(60)68(63)44-53/h1-47H. The molecule has 4 heteroatoms. The Kier molecular flexibility index (Phi) is 10.4. The van der Waals surface area contributed by atoms with E-state index in [9.17, 15) is 0 Å². The Labute approximate surface area is 462 Å². The van der Waals surface area contributed by atoms with Gasteiger partial charge < -0.3 is 4.42 Å². The van der Waals surface area contributed by atoms with Crippen LogP contribution in [0.1, 0.15) is 22.3 Å². The Morgan fingerprint density at radius 3 is 1.18 bits per heavy atom. The maximum absolute atomic E-state index is 6.78. The molecule has 80 heavy (non-hydrogen) atoms. The fraction of sp³-hybridized carbons (Fsp3) is 0.0132. The molecule has 15 aromatic rings. The Balaban J connectivity index is 0.757. The van der Waals surface area contributed by atoms with Crippen LogP contribution in [-0.2, 0) is 5.41 Å². The van der Waals surface area contributed by atoms with Gasteiger partial charge in [-0.2, -0.15) is 0 Å². The topological polar surface area (TPSA) is 51.8 Å². The Hall–Kier alpha value is -10.6. The van der Waals surface area contributed by atoms with Crippen molar-refractivity contribution >= 4 is 54.3 Å². The predicted octanol–water partition coefficient (Wildman–Crippen LogP) is 19.6. The van der Waals surface area contributed by atoms with Gasteiger partial charge in [0.1, 0.15) is 11.2 Å². The third kappa shape index (κ3) is 7.27. The fourth-order valence-electron chi connectivity index (χ4n) is 12.9. The summed E-state index contributed by atoms with van der Waals surface area (Å²) in [6, 6.07) is 103. The molecule has 1 aliphatic rings. The summed E-state index contributed by atoms with van der Waals surface area (Å²) in [6.45, 7) is 0. The summed E-state index contributed by atoms with van der Waals surface area (Å²) in [5.41, 5.74) is 17.9. The van der Waals surface area contributed by atoms with Crippen molar-refractivity contribution in [1.29, 1.82) is 0 Å². The Morgan fingerprint density at radius 2 is 0.600 bits per heavy atom. The molecule has 13 aromatic carbocycles. The maximum Gasteiger partial charge on any atom is 0.164 e. The average molecular weight is 1020 g/mol. The second-order valence-electron chi connectivity index (χ2n) is 21.0. The molecule has 372 valence electrons. The van der Waals surface area contributed by atoms with E-state index in [0.717, 1.165) is 60.9 Å². The molecule has 0 unspecified atom stereocenters. The third-order valence-corrected chi connectivity index (χ3v) is 16.6. The summed E-state index contributed by atoms with van der Waals surface area (Å²) >= 11 is 0. The molecule has 2 heterocycles. The number of nitrogens with zero attached hydrogens (tertiary/aromatic N) is 3. The van der Waals surface area contributed by atoms with Crippen LogP contribution in [-0.4, -0.2) is 15.0 Å². The van der Waals surface area contributed by atoms with E-state index in [1.165, 1.54) is 76.8 Å². The fourth-order valence-corrected chi connectivity index (χ4v) is 12.9. The molecule has 0 fully saturated rings. The van der Waals surface area contributed by atoms with Gasteiger partial charge in [0.15, 0.2) is 17.5 Å². The maximum atomic E-state index is 6.78. The molecular weight excluding hydrogens is 971 g/mol. The van der Waals surface area contributed by atoms with E-state index < -0.39 is 5.41 Å². The lowest BCUT2D eigenvalue weighted by atomic mass is 9.67. The van der Waals surface area contributed by atoms with E-state index in [4.69, 9.17) is 19.4 Å². The van der Waals surface area contributed by atoms with Crippen LogP contribution in [0.3, 0.4) is 0 Å². The summed E-state index contributed by atoms with van der Waals surface area (Å²) in [5.74, 6) is 1.77. The zero-order valence-corrected chi connectivity index (χ0v) is 43.4. The molecule has 2 aromatic heterocycles. The van der Waals surface area contributed by atoms with E-state index in [1.54, 1.807) is 0 Å². The van der Waals surface area contributed by atoms with Crippen molar-refractivity contribution in [2.24, 2.45) is 0 Å². The predicted molar refractivity (Wildman–Crippen MR) is 330 cm³/mol. The number of aromatic nitrogens is 3. The van der Waals surface area contributed by atoms with Crippen LogP contribution in [0.4, 0.5) is 0 Å².